The van der Waals surface area contributed by atoms with Gasteiger partial charge in [-0.3, -0.25) is 9.79 Å². The Labute approximate surface area is 149 Å². The molecule has 0 aliphatic carbocycles. The van der Waals surface area contributed by atoms with Gasteiger partial charge < -0.3 is 4.90 Å². The SMILES string of the molecule is CCN1C(=O)CN=C(c2cccc(Cl)c2)c2sc3ccccc3c21. The van der Waals surface area contributed by atoms with Crippen LogP contribution in [0.3, 0.4) is 0 Å². The summed E-state index contributed by atoms with van der Waals surface area (Å²) in [5.41, 5.74) is 2.76. The second-order valence-electron chi connectivity index (χ2n) is 5.59. The van der Waals surface area contributed by atoms with Crippen LogP contribution in [0.1, 0.15) is 17.4 Å². The maximum absolute atomic E-state index is 12.6. The third-order valence-electron chi connectivity index (χ3n) is 4.14. The van der Waals surface area contributed by atoms with Crippen molar-refractivity contribution < 1.29 is 4.79 Å². The second kappa shape index (κ2) is 6.04. The Balaban J connectivity index is 2.02. The fraction of sp³-hybridized carbons (Fsp3) is 0.158. The molecule has 0 radical (unpaired) electrons. The van der Waals surface area contributed by atoms with Crippen LogP contribution in [0.2, 0.25) is 5.02 Å². The van der Waals surface area contributed by atoms with Gasteiger partial charge in [-0.1, -0.05) is 41.9 Å². The molecule has 1 aliphatic heterocycles. The quantitative estimate of drug-likeness (QED) is 0.653. The summed E-state index contributed by atoms with van der Waals surface area (Å²) in [6.45, 7) is 2.79. The van der Waals surface area contributed by atoms with Crippen LogP contribution >= 0.6 is 22.9 Å². The molecule has 0 bridgehead atoms. The minimum atomic E-state index is 0.0272. The number of fused-ring (bicyclic) bond motifs is 3. The molecule has 3 nitrogen and oxygen atoms in total. The summed E-state index contributed by atoms with van der Waals surface area (Å²) in [6, 6.07) is 15.8. The van der Waals surface area contributed by atoms with Crippen LogP contribution in [0.5, 0.6) is 0 Å². The van der Waals surface area contributed by atoms with Crippen molar-refractivity contribution in [2.24, 2.45) is 4.99 Å². The molecule has 0 saturated heterocycles. The first-order valence-electron chi connectivity index (χ1n) is 7.81. The van der Waals surface area contributed by atoms with Crippen molar-refractivity contribution in [2.75, 3.05) is 18.0 Å². The molecule has 4 rings (SSSR count). The normalized spacial score (nSPS) is 14.5. The zero-order valence-corrected chi connectivity index (χ0v) is 14.7. The molecule has 24 heavy (non-hydrogen) atoms. The highest BCUT2D eigenvalue weighted by molar-refractivity contribution is 7.22. The van der Waals surface area contributed by atoms with E-state index in [1.54, 1.807) is 11.3 Å². The fourth-order valence-electron chi connectivity index (χ4n) is 3.08. The Morgan fingerprint density at radius 3 is 2.83 bits per heavy atom. The van der Waals surface area contributed by atoms with E-state index in [0.29, 0.717) is 11.6 Å². The van der Waals surface area contributed by atoms with Crippen LogP contribution in [0, 0.1) is 0 Å². The average molecular weight is 355 g/mol. The lowest BCUT2D eigenvalue weighted by molar-refractivity contribution is -0.117. The number of anilines is 1. The summed E-state index contributed by atoms with van der Waals surface area (Å²) in [7, 11) is 0. The van der Waals surface area contributed by atoms with Gasteiger partial charge in [0.05, 0.1) is 16.3 Å². The summed E-state index contributed by atoms with van der Waals surface area (Å²) in [5, 5.41) is 1.77. The topological polar surface area (TPSA) is 32.7 Å². The van der Waals surface area contributed by atoms with Crippen molar-refractivity contribution in [3.63, 3.8) is 0 Å². The average Bonchev–Trinajstić information content (AvgIpc) is 2.89. The van der Waals surface area contributed by atoms with Crippen LogP contribution in [0.25, 0.3) is 10.1 Å². The smallest absolute Gasteiger partial charge is 0.248 e. The van der Waals surface area contributed by atoms with E-state index < -0.39 is 0 Å². The van der Waals surface area contributed by atoms with Crippen molar-refractivity contribution in [1.82, 2.24) is 0 Å². The first-order valence-corrected chi connectivity index (χ1v) is 9.01. The number of benzene rings is 2. The minimum absolute atomic E-state index is 0.0272. The van der Waals surface area contributed by atoms with Crippen molar-refractivity contribution in [1.29, 1.82) is 0 Å². The van der Waals surface area contributed by atoms with E-state index in [4.69, 9.17) is 11.6 Å². The fourth-order valence-corrected chi connectivity index (χ4v) is 4.51. The minimum Gasteiger partial charge on any atom is -0.309 e. The molecule has 0 unspecified atom stereocenters. The number of thiophene rings is 1. The van der Waals surface area contributed by atoms with Crippen LogP contribution in [-0.2, 0) is 4.79 Å². The molecule has 1 aliphatic rings. The van der Waals surface area contributed by atoms with Crippen molar-refractivity contribution in [2.45, 2.75) is 6.92 Å². The summed E-state index contributed by atoms with van der Waals surface area (Å²) < 4.78 is 1.16. The zero-order valence-electron chi connectivity index (χ0n) is 13.1. The lowest BCUT2D eigenvalue weighted by Crippen LogP contribution is -2.31. The number of carbonyl (C=O) groups excluding carboxylic acids is 1. The molecule has 1 aromatic heterocycles. The molecular weight excluding hydrogens is 340 g/mol. The maximum atomic E-state index is 12.6. The van der Waals surface area contributed by atoms with Gasteiger partial charge in [-0.15, -0.1) is 11.3 Å². The Morgan fingerprint density at radius 1 is 1.21 bits per heavy atom. The zero-order chi connectivity index (χ0) is 16.7. The van der Waals surface area contributed by atoms with E-state index in [-0.39, 0.29) is 12.5 Å². The number of halogens is 1. The molecule has 0 atom stereocenters. The second-order valence-corrected chi connectivity index (χ2v) is 7.08. The largest absolute Gasteiger partial charge is 0.309 e. The predicted molar refractivity (Wildman–Crippen MR) is 102 cm³/mol. The standard InChI is InChI=1S/C19H15ClN2OS/c1-2-22-16(23)11-21-17(12-6-5-7-13(20)10-12)19-18(22)14-8-3-4-9-15(14)24-19/h3-10H,2,11H2,1H3. The van der Waals surface area contributed by atoms with Gasteiger partial charge in [-0.05, 0) is 25.1 Å². The van der Waals surface area contributed by atoms with Gasteiger partial charge in [-0.2, -0.15) is 0 Å². The highest BCUT2D eigenvalue weighted by Gasteiger charge is 2.28. The van der Waals surface area contributed by atoms with Crippen molar-refractivity contribution in [3.8, 4) is 0 Å². The molecule has 2 heterocycles. The number of hydrogen-bond acceptors (Lipinski definition) is 3. The molecule has 0 fully saturated rings. The van der Waals surface area contributed by atoms with Crippen molar-refractivity contribution in [3.05, 3.63) is 64.0 Å². The highest BCUT2D eigenvalue weighted by atomic mass is 35.5. The van der Waals surface area contributed by atoms with E-state index in [1.165, 1.54) is 0 Å². The number of likely N-dealkylation sites (N-methyl/N-ethyl adjacent to an activating group) is 1. The van der Waals surface area contributed by atoms with Crippen LogP contribution in [0.15, 0.2) is 53.5 Å². The van der Waals surface area contributed by atoms with Gasteiger partial charge in [0.25, 0.3) is 0 Å². The monoisotopic (exact) mass is 354 g/mol. The molecule has 3 aromatic rings. The number of nitrogens with zero attached hydrogens (tertiary/aromatic N) is 2. The Kier molecular flexibility index (Phi) is 3.87. The van der Waals surface area contributed by atoms with Crippen LogP contribution in [-0.4, -0.2) is 24.7 Å². The molecule has 0 saturated carbocycles. The van der Waals surface area contributed by atoms with Crippen molar-refractivity contribution >= 4 is 50.3 Å². The first kappa shape index (κ1) is 15.4. The van der Waals surface area contributed by atoms with E-state index in [1.807, 2.05) is 48.2 Å². The number of amides is 1. The molecule has 2 aromatic carbocycles. The van der Waals surface area contributed by atoms with Gasteiger partial charge >= 0.3 is 0 Å². The Hall–Kier alpha value is -2.17. The van der Waals surface area contributed by atoms with E-state index >= 15 is 0 Å². The van der Waals surface area contributed by atoms with E-state index in [9.17, 15) is 4.79 Å². The lowest BCUT2D eigenvalue weighted by atomic mass is 10.1. The van der Waals surface area contributed by atoms with E-state index in [2.05, 4.69) is 17.1 Å². The van der Waals surface area contributed by atoms with Gasteiger partial charge in [-0.25, -0.2) is 0 Å². The lowest BCUT2D eigenvalue weighted by Gasteiger charge is -2.19. The predicted octanol–water partition coefficient (Wildman–Crippen LogP) is 4.76. The molecule has 5 heteroatoms. The van der Waals surface area contributed by atoms with E-state index in [0.717, 1.165) is 31.9 Å². The summed E-state index contributed by atoms with van der Waals surface area (Å²) in [5.74, 6) is 0.0272. The molecular formula is C19H15ClN2OS. The number of aliphatic imine (C=N–C) groups is 1. The first-order chi connectivity index (χ1) is 11.7. The number of carbonyl (C=O) groups is 1. The van der Waals surface area contributed by atoms with Gasteiger partial charge in [0.1, 0.15) is 6.54 Å². The van der Waals surface area contributed by atoms with Crippen LogP contribution in [0.4, 0.5) is 5.69 Å². The molecule has 0 N–H and O–H groups in total. The summed E-state index contributed by atoms with van der Waals surface area (Å²) in [6.07, 6.45) is 0. The van der Waals surface area contributed by atoms with Gasteiger partial charge in [0, 0.05) is 27.2 Å². The van der Waals surface area contributed by atoms with Crippen LogP contribution < -0.4 is 4.90 Å². The maximum Gasteiger partial charge on any atom is 0.248 e. The molecule has 1 amide bonds. The Bertz CT molecular complexity index is 976. The molecule has 120 valence electrons. The molecule has 0 spiro atoms. The van der Waals surface area contributed by atoms with Gasteiger partial charge in [0.15, 0.2) is 0 Å². The van der Waals surface area contributed by atoms with Gasteiger partial charge in [0.2, 0.25) is 5.91 Å². The third kappa shape index (κ3) is 2.43. The number of hydrogen-bond donors (Lipinski definition) is 0. The summed E-state index contributed by atoms with van der Waals surface area (Å²) >= 11 is 7.84. The highest BCUT2D eigenvalue weighted by Crippen LogP contribution is 2.41. The summed E-state index contributed by atoms with van der Waals surface area (Å²) in [4.78, 5) is 20.1. The number of rotatable bonds is 2. The third-order valence-corrected chi connectivity index (χ3v) is 5.54. The Morgan fingerprint density at radius 2 is 2.04 bits per heavy atom.